The van der Waals surface area contributed by atoms with Gasteiger partial charge in [0.1, 0.15) is 10.6 Å². The number of thiophene rings is 1. The molecule has 0 bridgehead atoms. The SMILES string of the molecule is COc1ccc(CNC(=O)COC(=O)c2cc3c(s2)CC[C@H](C)C3)cc1. The molecule has 2 aromatic rings. The number of hydrogen-bond acceptors (Lipinski definition) is 5. The van der Waals surface area contributed by atoms with E-state index in [2.05, 4.69) is 12.2 Å². The molecule has 5 nitrogen and oxygen atoms in total. The van der Waals surface area contributed by atoms with Gasteiger partial charge in [0.15, 0.2) is 6.61 Å². The second kappa shape index (κ2) is 8.36. The van der Waals surface area contributed by atoms with E-state index in [1.807, 2.05) is 30.3 Å². The van der Waals surface area contributed by atoms with Crippen LogP contribution in [0.15, 0.2) is 30.3 Å². The van der Waals surface area contributed by atoms with Gasteiger partial charge in [0.25, 0.3) is 5.91 Å². The van der Waals surface area contributed by atoms with Gasteiger partial charge in [-0.2, -0.15) is 0 Å². The zero-order valence-corrected chi connectivity index (χ0v) is 15.9. The van der Waals surface area contributed by atoms with Crippen LogP contribution in [0.1, 0.15) is 39.0 Å². The fourth-order valence-electron chi connectivity index (χ4n) is 3.00. The second-order valence-corrected chi connectivity index (χ2v) is 7.74. The van der Waals surface area contributed by atoms with Crippen LogP contribution >= 0.6 is 11.3 Å². The first kappa shape index (κ1) is 18.5. The zero-order valence-electron chi connectivity index (χ0n) is 15.0. The van der Waals surface area contributed by atoms with E-state index in [-0.39, 0.29) is 12.5 Å². The minimum absolute atomic E-state index is 0.270. The third kappa shape index (κ3) is 4.64. The number of rotatable bonds is 6. The Balaban J connectivity index is 1.46. The summed E-state index contributed by atoms with van der Waals surface area (Å²) in [5.41, 5.74) is 2.20. The molecule has 1 heterocycles. The minimum Gasteiger partial charge on any atom is -0.497 e. The number of fused-ring (bicyclic) bond motifs is 1. The van der Waals surface area contributed by atoms with Gasteiger partial charge < -0.3 is 14.8 Å². The molecule has 1 aliphatic carbocycles. The zero-order chi connectivity index (χ0) is 18.5. The summed E-state index contributed by atoms with van der Waals surface area (Å²) in [6.07, 6.45) is 3.20. The summed E-state index contributed by atoms with van der Waals surface area (Å²) in [5.74, 6) is 0.688. The smallest absolute Gasteiger partial charge is 0.348 e. The van der Waals surface area contributed by atoms with E-state index in [0.717, 1.165) is 30.6 Å². The van der Waals surface area contributed by atoms with Crippen LogP contribution in [0, 0.1) is 5.92 Å². The monoisotopic (exact) mass is 373 g/mol. The van der Waals surface area contributed by atoms with Crippen molar-refractivity contribution in [2.45, 2.75) is 32.7 Å². The van der Waals surface area contributed by atoms with Gasteiger partial charge in [-0.3, -0.25) is 4.79 Å². The van der Waals surface area contributed by atoms with Crippen LogP contribution in [0.2, 0.25) is 0 Å². The molecule has 1 N–H and O–H groups in total. The number of methoxy groups -OCH3 is 1. The molecule has 1 atom stereocenters. The number of esters is 1. The van der Waals surface area contributed by atoms with Gasteiger partial charge >= 0.3 is 5.97 Å². The lowest BCUT2D eigenvalue weighted by Crippen LogP contribution is -2.28. The van der Waals surface area contributed by atoms with Crippen molar-refractivity contribution in [2.24, 2.45) is 5.92 Å². The van der Waals surface area contributed by atoms with E-state index in [4.69, 9.17) is 9.47 Å². The topological polar surface area (TPSA) is 64.6 Å². The summed E-state index contributed by atoms with van der Waals surface area (Å²) < 4.78 is 10.3. The molecule has 1 aromatic carbocycles. The fraction of sp³-hybridized carbons (Fsp3) is 0.400. The quantitative estimate of drug-likeness (QED) is 0.789. The predicted molar refractivity (Wildman–Crippen MR) is 101 cm³/mol. The van der Waals surface area contributed by atoms with Crippen molar-refractivity contribution in [1.82, 2.24) is 5.32 Å². The van der Waals surface area contributed by atoms with Crippen molar-refractivity contribution >= 4 is 23.2 Å². The second-order valence-electron chi connectivity index (χ2n) is 6.61. The van der Waals surface area contributed by atoms with E-state index in [1.165, 1.54) is 21.8 Å². The molecule has 0 saturated carbocycles. The number of benzene rings is 1. The largest absolute Gasteiger partial charge is 0.497 e. The van der Waals surface area contributed by atoms with Gasteiger partial charge in [0.05, 0.1) is 7.11 Å². The summed E-state index contributed by atoms with van der Waals surface area (Å²) in [7, 11) is 1.61. The van der Waals surface area contributed by atoms with Gasteiger partial charge in [0.2, 0.25) is 0 Å². The van der Waals surface area contributed by atoms with Gasteiger partial charge in [-0.15, -0.1) is 11.3 Å². The molecule has 26 heavy (non-hydrogen) atoms. The van der Waals surface area contributed by atoms with Crippen molar-refractivity contribution < 1.29 is 19.1 Å². The summed E-state index contributed by atoms with van der Waals surface area (Å²) in [4.78, 5) is 26.0. The number of nitrogens with one attached hydrogen (secondary N) is 1. The Kier molecular flexibility index (Phi) is 5.93. The van der Waals surface area contributed by atoms with Crippen molar-refractivity contribution in [3.05, 3.63) is 51.2 Å². The van der Waals surface area contributed by atoms with Crippen LogP contribution in [-0.2, 0) is 28.9 Å². The van der Waals surface area contributed by atoms with Crippen molar-refractivity contribution in [3.8, 4) is 5.75 Å². The van der Waals surface area contributed by atoms with E-state index in [1.54, 1.807) is 7.11 Å². The fourth-order valence-corrected chi connectivity index (χ4v) is 4.11. The van der Waals surface area contributed by atoms with Crippen LogP contribution < -0.4 is 10.1 Å². The Morgan fingerprint density at radius 3 is 2.77 bits per heavy atom. The molecule has 0 spiro atoms. The van der Waals surface area contributed by atoms with Gasteiger partial charge in [-0.25, -0.2) is 4.79 Å². The number of carbonyl (C=O) groups excluding carboxylic acids is 2. The highest BCUT2D eigenvalue weighted by Crippen LogP contribution is 2.32. The summed E-state index contributed by atoms with van der Waals surface area (Å²) in [6, 6.07) is 9.35. The van der Waals surface area contributed by atoms with E-state index >= 15 is 0 Å². The Morgan fingerprint density at radius 1 is 1.27 bits per heavy atom. The maximum atomic E-state index is 12.2. The van der Waals surface area contributed by atoms with E-state index in [9.17, 15) is 9.59 Å². The number of carbonyl (C=O) groups is 2. The highest BCUT2D eigenvalue weighted by Gasteiger charge is 2.21. The molecule has 0 saturated heterocycles. The van der Waals surface area contributed by atoms with Crippen LogP contribution in [0.3, 0.4) is 0 Å². The maximum Gasteiger partial charge on any atom is 0.348 e. The normalized spacial score (nSPS) is 15.8. The molecule has 138 valence electrons. The molecule has 0 unspecified atom stereocenters. The average molecular weight is 373 g/mol. The number of ether oxygens (including phenoxy) is 2. The first-order valence-electron chi connectivity index (χ1n) is 8.73. The van der Waals surface area contributed by atoms with E-state index < -0.39 is 5.97 Å². The lowest BCUT2D eigenvalue weighted by atomic mass is 9.90. The van der Waals surface area contributed by atoms with Gasteiger partial charge in [-0.05, 0) is 54.5 Å². The Morgan fingerprint density at radius 2 is 2.04 bits per heavy atom. The first-order chi connectivity index (χ1) is 12.5. The Labute approximate surface area is 157 Å². The molecule has 0 aliphatic heterocycles. The third-order valence-corrected chi connectivity index (χ3v) is 5.73. The van der Waals surface area contributed by atoms with E-state index in [0.29, 0.717) is 17.3 Å². The Bertz CT molecular complexity index is 782. The Hall–Kier alpha value is -2.34. The van der Waals surface area contributed by atoms with Gasteiger partial charge in [0, 0.05) is 11.4 Å². The van der Waals surface area contributed by atoms with Crippen LogP contribution in [0.25, 0.3) is 0 Å². The highest BCUT2D eigenvalue weighted by molar-refractivity contribution is 7.14. The molecule has 1 aliphatic rings. The number of aryl methyl sites for hydroxylation is 1. The molecule has 0 fully saturated rings. The third-order valence-electron chi connectivity index (χ3n) is 4.51. The van der Waals surface area contributed by atoms with Crippen molar-refractivity contribution in [1.29, 1.82) is 0 Å². The summed E-state index contributed by atoms with van der Waals surface area (Å²) in [6.45, 7) is 2.34. The standard InChI is InChI=1S/C20H23NO4S/c1-13-3-8-17-15(9-13)10-18(26-17)20(23)25-12-19(22)21-11-14-4-6-16(24-2)7-5-14/h4-7,10,13H,3,8-9,11-12H2,1-2H3,(H,21,22)/t13-/m0/s1. The molecule has 0 radical (unpaired) electrons. The highest BCUT2D eigenvalue weighted by atomic mass is 32.1. The number of hydrogen-bond donors (Lipinski definition) is 1. The lowest BCUT2D eigenvalue weighted by Gasteiger charge is -2.16. The molecule has 6 heteroatoms. The maximum absolute atomic E-state index is 12.2. The summed E-state index contributed by atoms with van der Waals surface area (Å²) in [5, 5.41) is 2.74. The predicted octanol–water partition coefficient (Wildman–Crippen LogP) is 3.35. The molecule has 3 rings (SSSR count). The lowest BCUT2D eigenvalue weighted by molar-refractivity contribution is -0.124. The van der Waals surface area contributed by atoms with Crippen LogP contribution in [-0.4, -0.2) is 25.6 Å². The minimum atomic E-state index is -0.420. The van der Waals surface area contributed by atoms with Gasteiger partial charge in [-0.1, -0.05) is 19.1 Å². The molecular weight excluding hydrogens is 350 g/mol. The average Bonchev–Trinajstić information content (AvgIpc) is 3.08. The van der Waals surface area contributed by atoms with Crippen LogP contribution in [0.4, 0.5) is 0 Å². The summed E-state index contributed by atoms with van der Waals surface area (Å²) >= 11 is 1.49. The molecule has 1 amide bonds. The first-order valence-corrected chi connectivity index (χ1v) is 9.55. The molecular formula is C20H23NO4S. The van der Waals surface area contributed by atoms with Crippen LogP contribution in [0.5, 0.6) is 5.75 Å². The van der Waals surface area contributed by atoms with Crippen molar-refractivity contribution in [2.75, 3.05) is 13.7 Å². The molecule has 1 aromatic heterocycles. The number of amides is 1. The van der Waals surface area contributed by atoms with Crippen molar-refractivity contribution in [3.63, 3.8) is 0 Å².